The molecule has 0 spiro atoms. The number of rotatable bonds is 2. The first-order valence-corrected chi connectivity index (χ1v) is 4.95. The molecule has 16 heavy (non-hydrogen) atoms. The second-order valence-electron chi connectivity index (χ2n) is 3.46. The van der Waals surface area contributed by atoms with Crippen LogP contribution in [0.2, 0.25) is 0 Å². The van der Waals surface area contributed by atoms with Crippen LogP contribution in [0.5, 0.6) is 0 Å². The summed E-state index contributed by atoms with van der Waals surface area (Å²) in [6, 6.07) is 9.56. The van der Waals surface area contributed by atoms with E-state index in [1.54, 1.807) is 7.05 Å². The van der Waals surface area contributed by atoms with Gasteiger partial charge in [-0.15, -0.1) is 12.4 Å². The summed E-state index contributed by atoms with van der Waals surface area (Å²) in [6.07, 6.45) is -0.173. The highest BCUT2D eigenvalue weighted by molar-refractivity contribution is 5.85. The maximum absolute atomic E-state index is 11.3. The lowest BCUT2D eigenvalue weighted by Crippen LogP contribution is -2.40. The molecule has 4 nitrogen and oxygen atoms in total. The standard InChI is InChI=1S/C11H14N2O2.ClH/c1-12-10(14)9-7-15-11(13-9)8-5-3-2-4-6-8;/h2-6,9,11,13H,7H2,1H3,(H,12,14);1H. The van der Waals surface area contributed by atoms with Gasteiger partial charge in [-0.1, -0.05) is 30.3 Å². The minimum Gasteiger partial charge on any atom is -0.358 e. The van der Waals surface area contributed by atoms with Gasteiger partial charge in [0, 0.05) is 7.05 Å². The van der Waals surface area contributed by atoms with E-state index < -0.39 is 0 Å². The van der Waals surface area contributed by atoms with Gasteiger partial charge in [0.05, 0.1) is 6.61 Å². The first-order valence-electron chi connectivity index (χ1n) is 4.95. The van der Waals surface area contributed by atoms with Gasteiger partial charge in [-0.05, 0) is 5.56 Å². The Morgan fingerprint density at radius 1 is 1.44 bits per heavy atom. The van der Waals surface area contributed by atoms with Gasteiger partial charge in [0.2, 0.25) is 5.91 Å². The van der Waals surface area contributed by atoms with Crippen LogP contribution in [-0.4, -0.2) is 25.6 Å². The van der Waals surface area contributed by atoms with Crippen LogP contribution in [0.3, 0.4) is 0 Å². The number of nitrogens with one attached hydrogen (secondary N) is 2. The zero-order valence-corrected chi connectivity index (χ0v) is 9.79. The van der Waals surface area contributed by atoms with Crippen LogP contribution in [-0.2, 0) is 9.53 Å². The van der Waals surface area contributed by atoms with Crippen LogP contribution in [0.25, 0.3) is 0 Å². The van der Waals surface area contributed by atoms with E-state index in [1.807, 2.05) is 30.3 Å². The van der Waals surface area contributed by atoms with E-state index in [0.29, 0.717) is 6.61 Å². The molecule has 2 atom stereocenters. The number of ether oxygens (including phenoxy) is 1. The van der Waals surface area contributed by atoms with Gasteiger partial charge in [0.25, 0.3) is 0 Å². The van der Waals surface area contributed by atoms with Crippen LogP contribution in [0, 0.1) is 0 Å². The summed E-state index contributed by atoms with van der Waals surface area (Å²) in [6.45, 7) is 0.416. The molecule has 1 amide bonds. The van der Waals surface area contributed by atoms with Gasteiger partial charge in [0.15, 0.2) is 0 Å². The predicted molar refractivity (Wildman–Crippen MR) is 63.4 cm³/mol. The normalized spacial score (nSPS) is 23.6. The second kappa shape index (κ2) is 5.84. The zero-order chi connectivity index (χ0) is 10.7. The molecule has 0 aliphatic carbocycles. The van der Waals surface area contributed by atoms with Crippen LogP contribution in [0.15, 0.2) is 30.3 Å². The van der Waals surface area contributed by atoms with E-state index in [4.69, 9.17) is 4.74 Å². The molecule has 1 aliphatic heterocycles. The molecule has 1 saturated heterocycles. The van der Waals surface area contributed by atoms with Crippen molar-refractivity contribution in [2.24, 2.45) is 0 Å². The maximum Gasteiger partial charge on any atom is 0.239 e. The number of halogens is 1. The van der Waals surface area contributed by atoms with Crippen molar-refractivity contribution >= 4 is 18.3 Å². The Labute approximate surface area is 101 Å². The van der Waals surface area contributed by atoms with E-state index >= 15 is 0 Å². The lowest BCUT2D eigenvalue weighted by atomic mass is 10.2. The summed E-state index contributed by atoms with van der Waals surface area (Å²) >= 11 is 0. The van der Waals surface area contributed by atoms with Crippen molar-refractivity contribution in [1.29, 1.82) is 0 Å². The van der Waals surface area contributed by atoms with Crippen molar-refractivity contribution in [3.63, 3.8) is 0 Å². The fraction of sp³-hybridized carbons (Fsp3) is 0.364. The average molecular weight is 243 g/mol. The number of amides is 1. The minimum absolute atomic E-state index is 0. The van der Waals surface area contributed by atoms with Gasteiger partial charge >= 0.3 is 0 Å². The molecule has 5 heteroatoms. The fourth-order valence-corrected chi connectivity index (χ4v) is 1.62. The molecule has 1 aliphatic rings. The quantitative estimate of drug-likeness (QED) is 0.808. The molecule has 1 aromatic carbocycles. The number of carbonyl (C=O) groups excluding carboxylic acids is 1. The summed E-state index contributed by atoms with van der Waals surface area (Å²) in [5, 5.41) is 5.72. The van der Waals surface area contributed by atoms with Crippen molar-refractivity contribution in [2.45, 2.75) is 12.3 Å². The second-order valence-corrected chi connectivity index (χ2v) is 3.46. The van der Waals surface area contributed by atoms with Crippen molar-refractivity contribution in [3.8, 4) is 0 Å². The van der Waals surface area contributed by atoms with Crippen LogP contribution in [0.4, 0.5) is 0 Å². The lowest BCUT2D eigenvalue weighted by molar-refractivity contribution is -0.122. The Hall–Kier alpha value is -1.10. The highest BCUT2D eigenvalue weighted by Crippen LogP contribution is 2.19. The third kappa shape index (κ3) is 2.72. The molecular formula is C11H15ClN2O2. The highest BCUT2D eigenvalue weighted by atomic mass is 35.5. The Kier molecular flexibility index (Phi) is 4.73. The molecule has 0 bridgehead atoms. The molecular weight excluding hydrogens is 228 g/mol. The highest BCUT2D eigenvalue weighted by Gasteiger charge is 2.29. The summed E-state index contributed by atoms with van der Waals surface area (Å²) < 4.78 is 5.50. The Morgan fingerprint density at radius 2 is 2.12 bits per heavy atom. The molecule has 2 N–H and O–H groups in total. The third-order valence-electron chi connectivity index (χ3n) is 2.45. The van der Waals surface area contributed by atoms with Gasteiger partial charge in [-0.2, -0.15) is 0 Å². The molecule has 1 fully saturated rings. The molecule has 0 aromatic heterocycles. The first-order chi connectivity index (χ1) is 7.31. The monoisotopic (exact) mass is 242 g/mol. The molecule has 0 saturated carbocycles. The Balaban J connectivity index is 0.00000128. The van der Waals surface area contributed by atoms with Gasteiger partial charge in [0.1, 0.15) is 12.3 Å². The summed E-state index contributed by atoms with van der Waals surface area (Å²) in [4.78, 5) is 11.3. The molecule has 1 heterocycles. The van der Waals surface area contributed by atoms with E-state index in [-0.39, 0.29) is 30.6 Å². The fourth-order valence-electron chi connectivity index (χ4n) is 1.62. The number of hydrogen-bond donors (Lipinski definition) is 2. The van der Waals surface area contributed by atoms with Crippen LogP contribution < -0.4 is 10.6 Å². The van der Waals surface area contributed by atoms with Gasteiger partial charge in [-0.25, -0.2) is 0 Å². The van der Waals surface area contributed by atoms with Gasteiger partial charge in [-0.3, -0.25) is 10.1 Å². The summed E-state index contributed by atoms with van der Waals surface area (Å²) in [5.74, 6) is -0.0339. The smallest absolute Gasteiger partial charge is 0.239 e. The number of benzene rings is 1. The maximum atomic E-state index is 11.3. The first kappa shape index (κ1) is 13.0. The number of carbonyl (C=O) groups is 1. The molecule has 1 aromatic rings. The zero-order valence-electron chi connectivity index (χ0n) is 8.97. The molecule has 2 rings (SSSR count). The number of hydrogen-bond acceptors (Lipinski definition) is 3. The number of likely N-dealkylation sites (N-methyl/N-ethyl adjacent to an activating group) is 1. The summed E-state index contributed by atoms with van der Waals surface area (Å²) in [5.41, 5.74) is 1.05. The lowest BCUT2D eigenvalue weighted by Gasteiger charge is -2.11. The van der Waals surface area contributed by atoms with E-state index in [0.717, 1.165) is 5.56 Å². The Morgan fingerprint density at radius 3 is 2.75 bits per heavy atom. The topological polar surface area (TPSA) is 50.4 Å². The SMILES string of the molecule is CNC(=O)C1COC(c2ccccc2)N1.Cl. The predicted octanol–water partition coefficient (Wildman–Crippen LogP) is 0.841. The van der Waals surface area contributed by atoms with Crippen LogP contribution >= 0.6 is 12.4 Å². The van der Waals surface area contributed by atoms with Crippen molar-refractivity contribution in [2.75, 3.05) is 13.7 Å². The minimum atomic E-state index is -0.250. The largest absolute Gasteiger partial charge is 0.358 e. The molecule has 2 unspecified atom stereocenters. The Bertz CT molecular complexity index is 345. The van der Waals surface area contributed by atoms with E-state index in [9.17, 15) is 4.79 Å². The van der Waals surface area contributed by atoms with E-state index in [1.165, 1.54) is 0 Å². The third-order valence-corrected chi connectivity index (χ3v) is 2.45. The van der Waals surface area contributed by atoms with Crippen molar-refractivity contribution < 1.29 is 9.53 Å². The van der Waals surface area contributed by atoms with Crippen molar-refractivity contribution in [1.82, 2.24) is 10.6 Å². The van der Waals surface area contributed by atoms with Crippen molar-refractivity contribution in [3.05, 3.63) is 35.9 Å². The van der Waals surface area contributed by atoms with Gasteiger partial charge < -0.3 is 10.1 Å². The average Bonchev–Trinajstić information content (AvgIpc) is 2.78. The molecule has 88 valence electrons. The molecule has 0 radical (unpaired) electrons. The van der Waals surface area contributed by atoms with Crippen LogP contribution in [0.1, 0.15) is 11.8 Å². The summed E-state index contributed by atoms with van der Waals surface area (Å²) in [7, 11) is 1.62. The van der Waals surface area contributed by atoms with E-state index in [2.05, 4.69) is 10.6 Å².